The molecule has 0 spiro atoms. The van der Waals surface area contributed by atoms with Crippen molar-refractivity contribution in [3.63, 3.8) is 0 Å². The lowest BCUT2D eigenvalue weighted by molar-refractivity contribution is -0.148. The van der Waals surface area contributed by atoms with Crippen LogP contribution >= 0.6 is 0 Å². The average Bonchev–Trinajstić information content (AvgIpc) is 2.77. The number of hydrogen-bond acceptors (Lipinski definition) is 4. The van der Waals surface area contributed by atoms with E-state index in [1.807, 2.05) is 13.8 Å². The highest BCUT2D eigenvalue weighted by atomic mass is 16.5. The van der Waals surface area contributed by atoms with Crippen LogP contribution in [-0.2, 0) is 9.53 Å². The molecule has 0 radical (unpaired) electrons. The molecule has 4 nitrogen and oxygen atoms in total. The van der Waals surface area contributed by atoms with Gasteiger partial charge in [0.05, 0.1) is 18.6 Å². The van der Waals surface area contributed by atoms with Crippen LogP contribution in [0.15, 0.2) is 0 Å². The molecular weight excluding hydrogens is 192 g/mol. The Morgan fingerprint density at radius 2 is 2.33 bits per heavy atom. The zero-order valence-corrected chi connectivity index (χ0v) is 9.14. The lowest BCUT2D eigenvalue weighted by atomic mass is 10.1. The van der Waals surface area contributed by atoms with Gasteiger partial charge in [-0.3, -0.25) is 4.79 Å². The highest BCUT2D eigenvalue weighted by Gasteiger charge is 2.52. The van der Waals surface area contributed by atoms with Gasteiger partial charge < -0.3 is 9.64 Å². The van der Waals surface area contributed by atoms with Crippen molar-refractivity contribution in [1.82, 2.24) is 4.90 Å². The second-order valence-electron chi connectivity index (χ2n) is 4.70. The fraction of sp³-hybridized carbons (Fsp3) is 0.818. The van der Waals surface area contributed by atoms with E-state index < -0.39 is 0 Å². The van der Waals surface area contributed by atoms with Gasteiger partial charge in [0.15, 0.2) is 6.19 Å². The van der Waals surface area contributed by atoms with Crippen LogP contribution in [-0.4, -0.2) is 29.1 Å². The van der Waals surface area contributed by atoms with E-state index in [0.29, 0.717) is 18.4 Å². The smallest absolute Gasteiger partial charge is 0.308 e. The molecule has 1 aliphatic heterocycles. The molecule has 0 amide bonds. The van der Waals surface area contributed by atoms with Gasteiger partial charge in [-0.05, 0) is 32.6 Å². The minimum Gasteiger partial charge on any atom is -0.463 e. The molecule has 2 rings (SSSR count). The molecule has 82 valence electrons. The number of carbonyl (C=O) groups excluding carboxylic acids is 1. The fourth-order valence-corrected chi connectivity index (χ4v) is 2.40. The number of nitriles is 1. The number of ether oxygens (including phenoxy) is 1. The number of likely N-dealkylation sites (tertiary alicyclic amines) is 1. The van der Waals surface area contributed by atoms with E-state index in [2.05, 4.69) is 6.19 Å². The van der Waals surface area contributed by atoms with Crippen molar-refractivity contribution < 1.29 is 9.53 Å². The molecule has 2 fully saturated rings. The third kappa shape index (κ3) is 2.06. The molecule has 0 aromatic rings. The largest absolute Gasteiger partial charge is 0.463 e. The van der Waals surface area contributed by atoms with Crippen molar-refractivity contribution in [2.75, 3.05) is 0 Å². The predicted molar refractivity (Wildman–Crippen MR) is 53.6 cm³/mol. The van der Waals surface area contributed by atoms with Crippen LogP contribution in [0.4, 0.5) is 0 Å². The molecule has 4 heteroatoms. The lowest BCUT2D eigenvalue weighted by Crippen LogP contribution is -2.31. The van der Waals surface area contributed by atoms with Gasteiger partial charge in [0.25, 0.3) is 0 Å². The van der Waals surface area contributed by atoms with Crippen LogP contribution in [0.3, 0.4) is 0 Å². The summed E-state index contributed by atoms with van der Waals surface area (Å²) < 4.78 is 5.08. The molecule has 0 N–H and O–H groups in total. The summed E-state index contributed by atoms with van der Waals surface area (Å²) in [7, 11) is 0. The molecule has 2 aliphatic rings. The Morgan fingerprint density at radius 3 is 2.93 bits per heavy atom. The lowest BCUT2D eigenvalue weighted by Gasteiger charge is -2.21. The number of esters is 1. The van der Waals surface area contributed by atoms with Gasteiger partial charge in [-0.15, -0.1) is 0 Å². The van der Waals surface area contributed by atoms with Gasteiger partial charge in [-0.2, -0.15) is 5.26 Å². The Morgan fingerprint density at radius 1 is 1.60 bits per heavy atom. The first-order valence-electron chi connectivity index (χ1n) is 5.49. The number of nitrogens with zero attached hydrogens (tertiary/aromatic N) is 2. The summed E-state index contributed by atoms with van der Waals surface area (Å²) in [5.41, 5.74) is 0. The topological polar surface area (TPSA) is 53.3 Å². The Hall–Kier alpha value is -1.24. The predicted octanol–water partition coefficient (Wildman–Crippen LogP) is 1.27. The molecule has 1 aliphatic carbocycles. The van der Waals surface area contributed by atoms with Gasteiger partial charge in [-0.1, -0.05) is 0 Å². The molecule has 0 unspecified atom stereocenters. The molecule has 1 saturated heterocycles. The number of hydrogen-bond donors (Lipinski definition) is 0. The minimum absolute atomic E-state index is 0.0658. The van der Waals surface area contributed by atoms with Gasteiger partial charge >= 0.3 is 5.97 Å². The fourth-order valence-electron chi connectivity index (χ4n) is 2.40. The van der Waals surface area contributed by atoms with Crippen molar-refractivity contribution >= 4 is 5.97 Å². The van der Waals surface area contributed by atoms with E-state index in [-0.39, 0.29) is 18.1 Å². The molecular formula is C11H16N2O2. The van der Waals surface area contributed by atoms with Gasteiger partial charge in [0, 0.05) is 6.04 Å². The van der Waals surface area contributed by atoms with Gasteiger partial charge in [0.1, 0.15) is 0 Å². The summed E-state index contributed by atoms with van der Waals surface area (Å²) in [5.74, 6) is 0.470. The third-order valence-electron chi connectivity index (χ3n) is 3.10. The van der Waals surface area contributed by atoms with E-state index in [1.165, 1.54) is 0 Å². The normalized spacial score (nSPS) is 32.4. The summed E-state index contributed by atoms with van der Waals surface area (Å²) >= 11 is 0. The van der Waals surface area contributed by atoms with Crippen LogP contribution in [0.1, 0.15) is 33.1 Å². The van der Waals surface area contributed by atoms with Crippen LogP contribution in [0.2, 0.25) is 0 Å². The summed E-state index contributed by atoms with van der Waals surface area (Å²) in [6.45, 7) is 3.68. The summed E-state index contributed by atoms with van der Waals surface area (Å²) in [5, 5.41) is 8.95. The maximum absolute atomic E-state index is 11.4. The van der Waals surface area contributed by atoms with Crippen molar-refractivity contribution in [3.8, 4) is 6.19 Å². The Kier molecular flexibility index (Phi) is 2.56. The highest BCUT2D eigenvalue weighted by molar-refractivity contribution is 5.70. The van der Waals surface area contributed by atoms with E-state index in [9.17, 15) is 4.79 Å². The van der Waals surface area contributed by atoms with Crippen LogP contribution < -0.4 is 0 Å². The molecule has 0 aromatic carbocycles. The maximum Gasteiger partial charge on any atom is 0.308 e. The minimum atomic E-state index is -0.184. The standard InChI is InChI=1S/C11H16N2O2/c1-7(2)15-11(14)5-9-3-8-4-10(8)13(9)6-12/h7-10H,3-5H2,1-2H3/t8-,9-,10+/m0/s1. The summed E-state index contributed by atoms with van der Waals surface area (Å²) in [6, 6.07) is 0.511. The van der Waals surface area contributed by atoms with E-state index in [1.54, 1.807) is 4.90 Å². The summed E-state index contributed by atoms with van der Waals surface area (Å²) in [4.78, 5) is 13.2. The Bertz CT molecular complexity index is 308. The van der Waals surface area contributed by atoms with Crippen LogP contribution in [0.5, 0.6) is 0 Å². The van der Waals surface area contributed by atoms with Crippen LogP contribution in [0, 0.1) is 17.4 Å². The molecule has 1 saturated carbocycles. The molecule has 3 atom stereocenters. The van der Waals surface area contributed by atoms with Crippen LogP contribution in [0.25, 0.3) is 0 Å². The summed E-state index contributed by atoms with van der Waals surface area (Å²) in [6.07, 6.45) is 4.59. The second kappa shape index (κ2) is 3.73. The van der Waals surface area contributed by atoms with Crippen molar-refractivity contribution in [2.24, 2.45) is 5.92 Å². The first kappa shape index (κ1) is 10.3. The first-order chi connectivity index (χ1) is 7.11. The maximum atomic E-state index is 11.4. The first-order valence-corrected chi connectivity index (χ1v) is 5.49. The van der Waals surface area contributed by atoms with Crippen molar-refractivity contribution in [3.05, 3.63) is 0 Å². The van der Waals surface area contributed by atoms with E-state index >= 15 is 0 Å². The average molecular weight is 208 g/mol. The van der Waals surface area contributed by atoms with E-state index in [4.69, 9.17) is 10.00 Å². The number of rotatable bonds is 3. The number of fused-ring (bicyclic) bond motifs is 1. The van der Waals surface area contributed by atoms with Crippen molar-refractivity contribution in [2.45, 2.75) is 51.3 Å². The SMILES string of the molecule is CC(C)OC(=O)C[C@@H]1C[C@H]2C[C@H]2N1C#N. The number of carbonyl (C=O) groups is 1. The Labute approximate surface area is 89.8 Å². The molecule has 15 heavy (non-hydrogen) atoms. The number of piperidine rings is 1. The molecule has 0 aromatic heterocycles. The Balaban J connectivity index is 1.85. The van der Waals surface area contributed by atoms with Gasteiger partial charge in [-0.25, -0.2) is 0 Å². The quantitative estimate of drug-likeness (QED) is 0.517. The monoisotopic (exact) mass is 208 g/mol. The van der Waals surface area contributed by atoms with Crippen molar-refractivity contribution in [1.29, 1.82) is 5.26 Å². The van der Waals surface area contributed by atoms with E-state index in [0.717, 1.165) is 12.8 Å². The molecule has 1 heterocycles. The zero-order valence-electron chi connectivity index (χ0n) is 9.14. The highest BCUT2D eigenvalue weighted by Crippen LogP contribution is 2.48. The van der Waals surface area contributed by atoms with Gasteiger partial charge in [0.2, 0.25) is 0 Å². The third-order valence-corrected chi connectivity index (χ3v) is 3.10. The second-order valence-corrected chi connectivity index (χ2v) is 4.70. The zero-order chi connectivity index (χ0) is 11.0. The molecule has 0 bridgehead atoms.